The second-order valence-corrected chi connectivity index (χ2v) is 10.8. The van der Waals surface area contributed by atoms with Gasteiger partial charge >= 0.3 is 5.95 Å². The summed E-state index contributed by atoms with van der Waals surface area (Å²) in [5.74, 6) is 0.868. The molecule has 0 spiro atoms. The summed E-state index contributed by atoms with van der Waals surface area (Å²) in [4.78, 5) is 5.09. The molecule has 3 aromatic rings. The number of rotatable bonds is 15. The highest BCUT2D eigenvalue weighted by Crippen LogP contribution is 2.19. The summed E-state index contributed by atoms with van der Waals surface area (Å²) in [6, 6.07) is 19.2. The predicted molar refractivity (Wildman–Crippen MR) is 152 cm³/mol. The normalized spacial score (nSPS) is 14.7. The van der Waals surface area contributed by atoms with E-state index in [0.29, 0.717) is 0 Å². The molecular weight excluding hydrogens is 478 g/mol. The molecule has 6 heteroatoms. The Hall–Kier alpha value is -2.08. The van der Waals surface area contributed by atoms with Gasteiger partial charge < -0.3 is 22.2 Å². The van der Waals surface area contributed by atoms with Crippen LogP contribution in [0, 0.1) is 0 Å². The van der Waals surface area contributed by atoms with Crippen LogP contribution in [0.2, 0.25) is 0 Å². The van der Waals surface area contributed by atoms with Crippen LogP contribution in [0.4, 0.5) is 5.95 Å². The number of unbranched alkanes of at least 4 members (excludes halogenated alkanes) is 9. The van der Waals surface area contributed by atoms with E-state index in [1.807, 2.05) is 0 Å². The van der Waals surface area contributed by atoms with Crippen LogP contribution in [-0.4, -0.2) is 54.1 Å². The maximum Gasteiger partial charge on any atom is 0.356 e. The van der Waals surface area contributed by atoms with Gasteiger partial charge in [0.15, 0.2) is 0 Å². The van der Waals surface area contributed by atoms with Gasteiger partial charge in [0, 0.05) is 26.2 Å². The molecule has 1 saturated heterocycles. The minimum atomic E-state index is 0. The Bertz CT molecular complexity index is 1030. The van der Waals surface area contributed by atoms with E-state index in [2.05, 4.69) is 80.6 Å². The molecule has 2 aromatic carbocycles. The van der Waals surface area contributed by atoms with Crippen molar-refractivity contribution in [1.29, 1.82) is 0 Å². The average Bonchev–Trinajstić information content (AvgIpc) is 3.17. The Kier molecular flexibility index (Phi) is 12.8. The predicted octanol–water partition coefficient (Wildman–Crippen LogP) is 2.71. The van der Waals surface area contributed by atoms with Crippen molar-refractivity contribution in [2.45, 2.75) is 77.3 Å². The van der Waals surface area contributed by atoms with Gasteiger partial charge in [0.25, 0.3) is 0 Å². The van der Waals surface area contributed by atoms with Crippen molar-refractivity contribution in [3.8, 4) is 0 Å². The maximum atomic E-state index is 6.66. The number of piperazine rings is 1. The van der Waals surface area contributed by atoms with Gasteiger partial charge in [0.1, 0.15) is 11.0 Å². The van der Waals surface area contributed by atoms with E-state index in [-0.39, 0.29) is 12.4 Å². The molecule has 0 radical (unpaired) electrons. The van der Waals surface area contributed by atoms with Crippen molar-refractivity contribution >= 4 is 17.0 Å². The lowest BCUT2D eigenvalue weighted by atomic mass is 10.1. The number of nitrogens with two attached hydrogens (primary N) is 1. The van der Waals surface area contributed by atoms with Crippen LogP contribution in [0.5, 0.6) is 0 Å². The van der Waals surface area contributed by atoms with Crippen molar-refractivity contribution in [3.05, 3.63) is 60.2 Å². The topological polar surface area (TPSA) is 41.3 Å². The first-order valence-electron chi connectivity index (χ1n) is 14.4. The fourth-order valence-electron chi connectivity index (χ4n) is 5.57. The molecule has 1 aliphatic rings. The van der Waals surface area contributed by atoms with Gasteiger partial charge in [-0.1, -0.05) is 93.8 Å². The minimum absolute atomic E-state index is 0. The SMILES string of the molecule is CN1CCN(CCCCCCCCCCCCn2c(N)[n+](Cc3ccccc3)c3ccccc32)CC1.[Cl-]. The fourth-order valence-corrected chi connectivity index (χ4v) is 5.57. The van der Waals surface area contributed by atoms with Gasteiger partial charge in [-0.2, -0.15) is 0 Å². The van der Waals surface area contributed by atoms with E-state index in [9.17, 15) is 0 Å². The van der Waals surface area contributed by atoms with Gasteiger partial charge in [0.2, 0.25) is 0 Å². The third-order valence-corrected chi connectivity index (χ3v) is 7.90. The zero-order chi connectivity index (χ0) is 25.0. The summed E-state index contributed by atoms with van der Waals surface area (Å²) in [7, 11) is 2.24. The number of benzene rings is 2. The molecule has 1 aromatic heterocycles. The number of para-hydroxylation sites is 2. The summed E-state index contributed by atoms with van der Waals surface area (Å²) in [5.41, 5.74) is 10.4. The van der Waals surface area contributed by atoms with E-state index in [1.54, 1.807) is 0 Å². The van der Waals surface area contributed by atoms with E-state index in [1.165, 1.54) is 114 Å². The number of aryl methyl sites for hydroxylation is 1. The summed E-state index contributed by atoms with van der Waals surface area (Å²) in [5, 5.41) is 0. The van der Waals surface area contributed by atoms with Gasteiger partial charge in [-0.15, -0.1) is 0 Å². The Balaban J connectivity index is 0.00000380. The van der Waals surface area contributed by atoms with Gasteiger partial charge in [-0.3, -0.25) is 5.73 Å². The molecule has 1 aliphatic heterocycles. The van der Waals surface area contributed by atoms with Crippen LogP contribution in [0.15, 0.2) is 54.6 Å². The third kappa shape index (κ3) is 9.01. The second kappa shape index (κ2) is 16.0. The van der Waals surface area contributed by atoms with Crippen molar-refractivity contribution in [2.75, 3.05) is 45.5 Å². The molecule has 0 bridgehead atoms. The van der Waals surface area contributed by atoms with Crippen molar-refractivity contribution < 1.29 is 17.0 Å². The largest absolute Gasteiger partial charge is 1.00 e. The van der Waals surface area contributed by atoms with Crippen LogP contribution >= 0.6 is 0 Å². The summed E-state index contributed by atoms with van der Waals surface area (Å²) in [6.45, 7) is 8.13. The van der Waals surface area contributed by atoms with Crippen LogP contribution in [0.1, 0.15) is 69.8 Å². The Morgan fingerprint density at radius 2 is 1.22 bits per heavy atom. The molecule has 37 heavy (non-hydrogen) atoms. The molecule has 0 amide bonds. The van der Waals surface area contributed by atoms with Crippen LogP contribution in [-0.2, 0) is 13.1 Å². The summed E-state index contributed by atoms with van der Waals surface area (Å²) >= 11 is 0. The molecule has 0 saturated carbocycles. The minimum Gasteiger partial charge on any atom is -1.00 e. The number of fused-ring (bicyclic) bond motifs is 1. The standard InChI is InChI=1S/C31H47N5.ClH/c1-33-23-25-34(26-24-33)21-15-8-6-4-2-3-5-7-9-16-22-35-29-19-13-14-20-30(29)36(31(35)32)27-28-17-11-10-12-18-28;/h10-14,17-20,32H,2-9,15-16,21-27H2,1H3;1H. The highest BCUT2D eigenvalue weighted by Gasteiger charge is 2.20. The first-order chi connectivity index (χ1) is 17.7. The first-order valence-corrected chi connectivity index (χ1v) is 14.4. The van der Waals surface area contributed by atoms with Crippen molar-refractivity contribution in [3.63, 3.8) is 0 Å². The number of anilines is 1. The number of aromatic nitrogens is 2. The van der Waals surface area contributed by atoms with Crippen LogP contribution in [0.25, 0.3) is 11.0 Å². The molecule has 2 N–H and O–H groups in total. The number of halogens is 1. The summed E-state index contributed by atoms with van der Waals surface area (Å²) < 4.78 is 4.58. The number of nitrogens with zero attached hydrogens (tertiary/aromatic N) is 4. The van der Waals surface area contributed by atoms with E-state index < -0.39 is 0 Å². The highest BCUT2D eigenvalue weighted by molar-refractivity contribution is 5.73. The van der Waals surface area contributed by atoms with Gasteiger partial charge in [-0.05, 0) is 44.1 Å². The van der Waals surface area contributed by atoms with Crippen LogP contribution in [0.3, 0.4) is 0 Å². The molecule has 2 heterocycles. The number of imidazole rings is 1. The Labute approximate surface area is 231 Å². The molecule has 204 valence electrons. The lowest BCUT2D eigenvalue weighted by Gasteiger charge is -2.32. The zero-order valence-electron chi connectivity index (χ0n) is 23.0. The molecule has 1 fully saturated rings. The van der Waals surface area contributed by atoms with Gasteiger partial charge in [-0.25, -0.2) is 9.13 Å². The molecule has 0 aliphatic carbocycles. The number of nitrogen functional groups attached to an aromatic ring is 1. The lowest BCUT2D eigenvalue weighted by molar-refractivity contribution is -0.648. The van der Waals surface area contributed by atoms with Crippen LogP contribution < -0.4 is 22.7 Å². The van der Waals surface area contributed by atoms with E-state index in [0.717, 1.165) is 19.0 Å². The van der Waals surface area contributed by atoms with Crippen molar-refractivity contribution in [1.82, 2.24) is 14.4 Å². The fraction of sp³-hybridized carbons (Fsp3) is 0.581. The second-order valence-electron chi connectivity index (χ2n) is 10.8. The van der Waals surface area contributed by atoms with E-state index in [4.69, 9.17) is 5.73 Å². The smallest absolute Gasteiger partial charge is 0.356 e. The Morgan fingerprint density at radius 3 is 1.86 bits per heavy atom. The van der Waals surface area contributed by atoms with Crippen molar-refractivity contribution in [2.24, 2.45) is 0 Å². The first kappa shape index (κ1) is 29.5. The molecule has 0 unspecified atom stereocenters. The molecule has 0 atom stereocenters. The average molecular weight is 526 g/mol. The van der Waals surface area contributed by atoms with Gasteiger partial charge in [0.05, 0.1) is 13.1 Å². The number of hydrogen-bond acceptors (Lipinski definition) is 3. The number of hydrogen-bond donors (Lipinski definition) is 1. The monoisotopic (exact) mass is 525 g/mol. The van der Waals surface area contributed by atoms with E-state index >= 15 is 0 Å². The Morgan fingerprint density at radius 1 is 0.676 bits per heavy atom. The molecule has 5 nitrogen and oxygen atoms in total. The molecule has 4 rings (SSSR count). The summed E-state index contributed by atoms with van der Waals surface area (Å²) in [6.07, 6.45) is 13.6. The lowest BCUT2D eigenvalue weighted by Crippen LogP contribution is -3.00. The molecular formula is C31H48ClN5. The third-order valence-electron chi connectivity index (χ3n) is 7.90. The zero-order valence-corrected chi connectivity index (χ0v) is 23.7. The maximum absolute atomic E-state index is 6.66. The highest BCUT2D eigenvalue weighted by atomic mass is 35.5. The number of likely N-dealkylation sites (N-methyl/N-ethyl adjacent to an activating group) is 1. The quantitative estimate of drug-likeness (QED) is 0.245.